The maximum atomic E-state index is 13.5. The van der Waals surface area contributed by atoms with Crippen molar-refractivity contribution in [3.8, 4) is 0 Å². The van der Waals surface area contributed by atoms with Crippen molar-refractivity contribution in [3.63, 3.8) is 0 Å². The molecule has 162 valence electrons. The average molecular weight is 407 g/mol. The molecular weight excluding hydrogens is 372 g/mol. The van der Waals surface area contributed by atoms with E-state index in [0.29, 0.717) is 31.5 Å². The predicted molar refractivity (Wildman–Crippen MR) is 104 cm³/mol. The molecule has 6 rings (SSSR count). The standard InChI is InChI=1S/C23H34O6/c1-5-7-8-13-14-9-10-28-23-15(14)17(19(24)26-3)22(20(25)27-4)11-21(6-2,12-29-23)18(23)16(13)22/h13-18H,5-12H2,1-4H3. The van der Waals surface area contributed by atoms with E-state index >= 15 is 0 Å². The number of esters is 2. The Hall–Kier alpha value is -1.14. The summed E-state index contributed by atoms with van der Waals surface area (Å²) in [5.41, 5.74) is -0.942. The minimum absolute atomic E-state index is 0.0587. The molecule has 9 atom stereocenters. The number of hydrogen-bond acceptors (Lipinski definition) is 6. The van der Waals surface area contributed by atoms with E-state index in [0.717, 1.165) is 32.1 Å². The summed E-state index contributed by atoms with van der Waals surface area (Å²) in [5.74, 6) is -0.963. The van der Waals surface area contributed by atoms with Gasteiger partial charge in [-0.15, -0.1) is 0 Å². The topological polar surface area (TPSA) is 71.1 Å². The van der Waals surface area contributed by atoms with Gasteiger partial charge in [0.2, 0.25) is 0 Å². The molecule has 4 saturated carbocycles. The minimum Gasteiger partial charge on any atom is -0.469 e. The van der Waals surface area contributed by atoms with Crippen LogP contribution >= 0.6 is 0 Å². The van der Waals surface area contributed by atoms with E-state index in [1.807, 2.05) is 0 Å². The van der Waals surface area contributed by atoms with Gasteiger partial charge in [-0.1, -0.05) is 26.7 Å². The number of ether oxygens (including phenoxy) is 4. The zero-order valence-corrected chi connectivity index (χ0v) is 18.1. The SMILES string of the molecule is CCCCC1C2CCOC34OCC5(CC)CC(C(=O)OC)(C(C(=O)OC)C23)C1C54. The van der Waals surface area contributed by atoms with Gasteiger partial charge < -0.3 is 18.9 Å². The van der Waals surface area contributed by atoms with Gasteiger partial charge in [-0.05, 0) is 43.4 Å². The smallest absolute Gasteiger partial charge is 0.313 e. The van der Waals surface area contributed by atoms with Crippen LogP contribution in [0.15, 0.2) is 0 Å². The van der Waals surface area contributed by atoms with Crippen LogP contribution in [0.3, 0.4) is 0 Å². The van der Waals surface area contributed by atoms with E-state index in [2.05, 4.69) is 13.8 Å². The summed E-state index contributed by atoms with van der Waals surface area (Å²) < 4.78 is 23.8. The molecular formula is C23H34O6. The number of carbonyl (C=O) groups excluding carboxylic acids is 2. The van der Waals surface area contributed by atoms with Crippen LogP contribution in [0.25, 0.3) is 0 Å². The van der Waals surface area contributed by atoms with Crippen molar-refractivity contribution in [1.82, 2.24) is 0 Å². The van der Waals surface area contributed by atoms with Crippen LogP contribution < -0.4 is 0 Å². The average Bonchev–Trinajstić information content (AvgIpc) is 3.19. The van der Waals surface area contributed by atoms with Gasteiger partial charge in [0.15, 0.2) is 5.79 Å². The Labute approximate surface area is 173 Å². The Morgan fingerprint density at radius 1 is 1.10 bits per heavy atom. The fourth-order valence-corrected chi connectivity index (χ4v) is 8.80. The fourth-order valence-electron chi connectivity index (χ4n) is 8.80. The zero-order chi connectivity index (χ0) is 20.6. The normalized spacial score (nSPS) is 51.2. The summed E-state index contributed by atoms with van der Waals surface area (Å²) in [7, 11) is 2.89. The fraction of sp³-hybridized carbons (Fsp3) is 0.913. The van der Waals surface area contributed by atoms with Crippen molar-refractivity contribution in [2.75, 3.05) is 27.4 Å². The monoisotopic (exact) mass is 406 g/mol. The second-order valence-corrected chi connectivity index (χ2v) is 10.1. The van der Waals surface area contributed by atoms with Crippen LogP contribution in [-0.2, 0) is 28.5 Å². The summed E-state index contributed by atoms with van der Waals surface area (Å²) in [6.07, 6.45) is 5.87. The van der Waals surface area contributed by atoms with Crippen LogP contribution in [0.5, 0.6) is 0 Å². The van der Waals surface area contributed by atoms with Crippen molar-refractivity contribution < 1.29 is 28.5 Å². The van der Waals surface area contributed by atoms with Gasteiger partial charge in [0, 0.05) is 17.3 Å². The molecule has 0 aromatic heterocycles. The summed E-state index contributed by atoms with van der Waals surface area (Å²) in [5, 5.41) is 0. The lowest BCUT2D eigenvalue weighted by Crippen LogP contribution is -2.74. The third-order valence-corrected chi connectivity index (χ3v) is 9.52. The summed E-state index contributed by atoms with van der Waals surface area (Å²) in [6, 6.07) is 0. The van der Waals surface area contributed by atoms with Crippen molar-refractivity contribution in [2.45, 2.75) is 58.2 Å². The van der Waals surface area contributed by atoms with E-state index in [4.69, 9.17) is 18.9 Å². The molecule has 9 unspecified atom stereocenters. The summed E-state index contributed by atoms with van der Waals surface area (Å²) in [6.45, 7) is 5.69. The van der Waals surface area contributed by atoms with Crippen LogP contribution in [0.2, 0.25) is 0 Å². The molecule has 29 heavy (non-hydrogen) atoms. The van der Waals surface area contributed by atoms with Gasteiger partial charge in [0.1, 0.15) is 0 Å². The quantitative estimate of drug-likeness (QED) is 0.631. The highest BCUT2D eigenvalue weighted by molar-refractivity contribution is 5.88. The Morgan fingerprint density at radius 2 is 1.90 bits per heavy atom. The molecule has 6 heteroatoms. The van der Waals surface area contributed by atoms with Gasteiger partial charge in [0.25, 0.3) is 0 Å². The van der Waals surface area contributed by atoms with Crippen molar-refractivity contribution in [2.24, 2.45) is 46.3 Å². The van der Waals surface area contributed by atoms with Crippen LogP contribution in [0, 0.1) is 46.3 Å². The summed E-state index contributed by atoms with van der Waals surface area (Å²) in [4.78, 5) is 26.8. The first-order valence-electron chi connectivity index (χ1n) is 11.4. The highest BCUT2D eigenvalue weighted by Crippen LogP contribution is 2.82. The van der Waals surface area contributed by atoms with Crippen molar-refractivity contribution >= 4 is 11.9 Å². The first kappa shape index (κ1) is 19.8. The molecule has 0 amide bonds. The predicted octanol–water partition coefficient (Wildman–Crippen LogP) is 3.18. The molecule has 6 nitrogen and oxygen atoms in total. The Kier molecular flexibility index (Phi) is 4.39. The van der Waals surface area contributed by atoms with Crippen LogP contribution in [0.4, 0.5) is 0 Å². The first-order chi connectivity index (χ1) is 14.0. The van der Waals surface area contributed by atoms with E-state index < -0.39 is 17.1 Å². The molecule has 2 saturated heterocycles. The van der Waals surface area contributed by atoms with Crippen molar-refractivity contribution in [1.29, 1.82) is 0 Å². The second kappa shape index (κ2) is 6.43. The number of carbonyl (C=O) groups is 2. The maximum absolute atomic E-state index is 13.5. The van der Waals surface area contributed by atoms with Gasteiger partial charge in [-0.25, -0.2) is 0 Å². The molecule has 0 N–H and O–H groups in total. The van der Waals surface area contributed by atoms with Gasteiger partial charge >= 0.3 is 11.9 Å². The first-order valence-corrected chi connectivity index (χ1v) is 11.4. The molecule has 2 aliphatic heterocycles. The largest absolute Gasteiger partial charge is 0.469 e. The second-order valence-electron chi connectivity index (χ2n) is 10.1. The van der Waals surface area contributed by atoms with E-state index in [1.54, 1.807) is 0 Å². The van der Waals surface area contributed by atoms with E-state index in [1.165, 1.54) is 14.2 Å². The molecule has 0 aromatic carbocycles. The lowest BCUT2D eigenvalue weighted by molar-refractivity contribution is -0.371. The molecule has 6 aliphatic rings. The Bertz CT molecular complexity index is 722. The molecule has 1 spiro atoms. The molecule has 6 bridgehead atoms. The number of hydrogen-bond donors (Lipinski definition) is 0. The molecule has 2 heterocycles. The Balaban J connectivity index is 1.75. The van der Waals surface area contributed by atoms with E-state index in [-0.39, 0.29) is 35.1 Å². The lowest BCUT2D eigenvalue weighted by atomic mass is 9.40. The summed E-state index contributed by atoms with van der Waals surface area (Å²) >= 11 is 0. The van der Waals surface area contributed by atoms with Gasteiger partial charge in [0.05, 0.1) is 38.8 Å². The Morgan fingerprint density at radius 3 is 2.55 bits per heavy atom. The molecule has 0 radical (unpaired) electrons. The zero-order valence-electron chi connectivity index (χ0n) is 18.1. The van der Waals surface area contributed by atoms with Crippen molar-refractivity contribution in [3.05, 3.63) is 0 Å². The number of methoxy groups -OCH3 is 2. The van der Waals surface area contributed by atoms with Crippen LogP contribution in [-0.4, -0.2) is 45.2 Å². The number of unbranched alkanes of at least 4 members (excludes halogenated alkanes) is 1. The van der Waals surface area contributed by atoms with Crippen LogP contribution in [0.1, 0.15) is 52.4 Å². The lowest BCUT2D eigenvalue weighted by Gasteiger charge is -2.67. The molecule has 4 aliphatic carbocycles. The highest BCUT2D eigenvalue weighted by atomic mass is 16.7. The third kappa shape index (κ3) is 2.06. The highest BCUT2D eigenvalue weighted by Gasteiger charge is 2.88. The number of rotatable bonds is 6. The van der Waals surface area contributed by atoms with Gasteiger partial charge in [-0.2, -0.15) is 0 Å². The van der Waals surface area contributed by atoms with Gasteiger partial charge in [-0.3, -0.25) is 9.59 Å². The molecule has 0 aromatic rings. The minimum atomic E-state index is -0.809. The third-order valence-electron chi connectivity index (χ3n) is 9.52. The van der Waals surface area contributed by atoms with E-state index in [9.17, 15) is 9.59 Å². The molecule has 6 fully saturated rings. The maximum Gasteiger partial charge on any atom is 0.313 e.